The number of hydrogen-bond acceptors (Lipinski definition) is 2. The lowest BCUT2D eigenvalue weighted by atomic mass is 10.1. The maximum Gasteiger partial charge on any atom is 0.0340 e. The third-order valence-corrected chi connectivity index (χ3v) is 3.24. The number of hydrogen-bond donors (Lipinski definition) is 1. The summed E-state index contributed by atoms with van der Waals surface area (Å²) in [6, 6.07) is 17.3. The van der Waals surface area contributed by atoms with Crippen LogP contribution < -0.4 is 5.32 Å². The molecule has 2 aromatic carbocycles. The van der Waals surface area contributed by atoms with E-state index in [1.165, 1.54) is 22.4 Å². The van der Waals surface area contributed by atoms with Crippen LogP contribution in [0.1, 0.15) is 16.7 Å². The Morgan fingerprint density at radius 2 is 1.63 bits per heavy atom. The number of nitrogens with one attached hydrogen (secondary N) is 1. The van der Waals surface area contributed by atoms with Crippen LogP contribution in [0.3, 0.4) is 0 Å². The van der Waals surface area contributed by atoms with Gasteiger partial charge in [0.15, 0.2) is 0 Å². The lowest BCUT2D eigenvalue weighted by Crippen LogP contribution is -2.17. The molecule has 0 aromatic heterocycles. The Bertz CT molecular complexity index is 517. The van der Waals surface area contributed by atoms with Crippen LogP contribution in [0.2, 0.25) is 0 Å². The Morgan fingerprint density at radius 3 is 2.32 bits per heavy atom. The van der Waals surface area contributed by atoms with E-state index in [9.17, 15) is 0 Å². The van der Waals surface area contributed by atoms with E-state index in [1.807, 2.05) is 7.05 Å². The van der Waals surface area contributed by atoms with Gasteiger partial charge in [0.05, 0.1) is 0 Å². The van der Waals surface area contributed by atoms with Crippen LogP contribution in [-0.2, 0) is 13.1 Å². The average Bonchev–Trinajstić information content (AvgIpc) is 2.41. The molecule has 0 aliphatic heterocycles. The van der Waals surface area contributed by atoms with Crippen molar-refractivity contribution in [1.29, 1.82) is 0 Å². The van der Waals surface area contributed by atoms with Gasteiger partial charge in [-0.1, -0.05) is 42.0 Å². The molecule has 0 amide bonds. The zero-order chi connectivity index (χ0) is 13.7. The molecule has 0 spiro atoms. The lowest BCUT2D eigenvalue weighted by Gasteiger charge is -2.17. The first kappa shape index (κ1) is 13.6. The normalized spacial score (nSPS) is 10.7. The minimum atomic E-state index is 0.962. The van der Waals surface area contributed by atoms with Crippen molar-refractivity contribution in [1.82, 2.24) is 4.90 Å². The van der Waals surface area contributed by atoms with Crippen molar-refractivity contribution in [2.45, 2.75) is 20.0 Å². The topological polar surface area (TPSA) is 15.3 Å². The predicted molar refractivity (Wildman–Crippen MR) is 82.3 cm³/mol. The van der Waals surface area contributed by atoms with Crippen LogP contribution in [0.5, 0.6) is 0 Å². The van der Waals surface area contributed by atoms with Crippen molar-refractivity contribution in [3.8, 4) is 0 Å². The smallest absolute Gasteiger partial charge is 0.0340 e. The Morgan fingerprint density at radius 1 is 0.947 bits per heavy atom. The van der Waals surface area contributed by atoms with Crippen molar-refractivity contribution in [2.75, 3.05) is 19.4 Å². The molecule has 0 unspecified atom stereocenters. The molecule has 0 saturated heterocycles. The summed E-state index contributed by atoms with van der Waals surface area (Å²) in [7, 11) is 4.11. The number of benzene rings is 2. The second kappa shape index (κ2) is 6.39. The van der Waals surface area contributed by atoms with Crippen molar-refractivity contribution in [3.05, 3.63) is 65.2 Å². The van der Waals surface area contributed by atoms with E-state index in [0.29, 0.717) is 0 Å². The summed E-state index contributed by atoms with van der Waals surface area (Å²) in [5.41, 5.74) is 5.17. The Labute approximate surface area is 116 Å². The molecule has 0 saturated carbocycles. The Hall–Kier alpha value is -1.80. The highest BCUT2D eigenvalue weighted by molar-refractivity contribution is 5.44. The molecule has 2 aromatic rings. The van der Waals surface area contributed by atoms with E-state index in [4.69, 9.17) is 0 Å². The number of rotatable bonds is 5. The second-order valence-electron chi connectivity index (χ2n) is 5.11. The standard InChI is InChI=1S/C17H22N2/c1-14-7-9-15(10-8-14)12-19(3)13-16-5-4-6-17(11-16)18-2/h4-11,18H,12-13H2,1-3H3. The van der Waals surface area contributed by atoms with E-state index in [0.717, 1.165) is 13.1 Å². The van der Waals surface area contributed by atoms with Crippen molar-refractivity contribution in [2.24, 2.45) is 0 Å². The summed E-state index contributed by atoms with van der Waals surface area (Å²) in [6.07, 6.45) is 0. The van der Waals surface area contributed by atoms with Crippen molar-refractivity contribution in [3.63, 3.8) is 0 Å². The Balaban J connectivity index is 1.96. The maximum absolute atomic E-state index is 3.18. The quantitative estimate of drug-likeness (QED) is 0.876. The van der Waals surface area contributed by atoms with Crippen LogP contribution >= 0.6 is 0 Å². The minimum Gasteiger partial charge on any atom is -0.388 e. The summed E-state index contributed by atoms with van der Waals surface area (Å²) < 4.78 is 0. The molecule has 2 heteroatoms. The third-order valence-electron chi connectivity index (χ3n) is 3.24. The molecule has 2 rings (SSSR count). The molecule has 0 aliphatic carbocycles. The summed E-state index contributed by atoms with van der Waals surface area (Å²) in [5, 5.41) is 3.18. The maximum atomic E-state index is 3.18. The molecule has 19 heavy (non-hydrogen) atoms. The van der Waals surface area contributed by atoms with Gasteiger partial charge in [0.25, 0.3) is 0 Å². The van der Waals surface area contributed by atoms with E-state index in [-0.39, 0.29) is 0 Å². The van der Waals surface area contributed by atoms with Crippen molar-refractivity contribution < 1.29 is 0 Å². The fourth-order valence-corrected chi connectivity index (χ4v) is 2.20. The fraction of sp³-hybridized carbons (Fsp3) is 0.294. The molecule has 2 nitrogen and oxygen atoms in total. The molecule has 0 heterocycles. The zero-order valence-corrected chi connectivity index (χ0v) is 12.0. The monoisotopic (exact) mass is 254 g/mol. The number of anilines is 1. The summed E-state index contributed by atoms with van der Waals surface area (Å²) >= 11 is 0. The summed E-state index contributed by atoms with van der Waals surface area (Å²) in [4.78, 5) is 2.33. The van der Waals surface area contributed by atoms with Crippen LogP contribution in [0.4, 0.5) is 5.69 Å². The van der Waals surface area contributed by atoms with Gasteiger partial charge in [-0.2, -0.15) is 0 Å². The predicted octanol–water partition coefficient (Wildman–Crippen LogP) is 3.67. The van der Waals surface area contributed by atoms with Gasteiger partial charge in [-0.15, -0.1) is 0 Å². The molecule has 1 N–H and O–H groups in total. The first-order chi connectivity index (χ1) is 9.17. The lowest BCUT2D eigenvalue weighted by molar-refractivity contribution is 0.319. The number of aryl methyl sites for hydroxylation is 1. The largest absolute Gasteiger partial charge is 0.388 e. The number of nitrogens with zero attached hydrogens (tertiary/aromatic N) is 1. The van der Waals surface area contributed by atoms with E-state index < -0.39 is 0 Å². The molecule has 0 fully saturated rings. The van der Waals surface area contributed by atoms with Crippen LogP contribution in [0, 0.1) is 6.92 Å². The third kappa shape index (κ3) is 4.11. The van der Waals surface area contributed by atoms with Crippen LogP contribution in [0.25, 0.3) is 0 Å². The molecule has 0 aliphatic rings. The van der Waals surface area contributed by atoms with E-state index >= 15 is 0 Å². The highest BCUT2D eigenvalue weighted by Crippen LogP contribution is 2.13. The highest BCUT2D eigenvalue weighted by atomic mass is 15.1. The second-order valence-corrected chi connectivity index (χ2v) is 5.11. The van der Waals surface area contributed by atoms with Gasteiger partial charge in [-0.3, -0.25) is 4.90 Å². The molecule has 0 radical (unpaired) electrons. The first-order valence-corrected chi connectivity index (χ1v) is 6.68. The SMILES string of the molecule is CNc1cccc(CN(C)Cc2ccc(C)cc2)c1. The fourth-order valence-electron chi connectivity index (χ4n) is 2.20. The molecule has 0 bridgehead atoms. The summed E-state index contributed by atoms with van der Waals surface area (Å²) in [6.45, 7) is 4.06. The van der Waals surface area contributed by atoms with Crippen LogP contribution in [0.15, 0.2) is 48.5 Å². The van der Waals surface area contributed by atoms with Gasteiger partial charge in [-0.05, 0) is 37.2 Å². The van der Waals surface area contributed by atoms with Gasteiger partial charge >= 0.3 is 0 Å². The zero-order valence-electron chi connectivity index (χ0n) is 12.0. The first-order valence-electron chi connectivity index (χ1n) is 6.68. The van der Waals surface area contributed by atoms with Gasteiger partial charge in [0.2, 0.25) is 0 Å². The van der Waals surface area contributed by atoms with E-state index in [2.05, 4.69) is 72.7 Å². The van der Waals surface area contributed by atoms with Crippen LogP contribution in [-0.4, -0.2) is 19.0 Å². The van der Waals surface area contributed by atoms with Gasteiger partial charge in [-0.25, -0.2) is 0 Å². The molecular formula is C17H22N2. The minimum absolute atomic E-state index is 0.962. The molecule has 100 valence electrons. The summed E-state index contributed by atoms with van der Waals surface area (Å²) in [5.74, 6) is 0. The van der Waals surface area contributed by atoms with Gasteiger partial charge < -0.3 is 5.32 Å². The average molecular weight is 254 g/mol. The van der Waals surface area contributed by atoms with E-state index in [1.54, 1.807) is 0 Å². The van der Waals surface area contributed by atoms with Gasteiger partial charge in [0, 0.05) is 25.8 Å². The highest BCUT2D eigenvalue weighted by Gasteiger charge is 2.02. The Kier molecular flexibility index (Phi) is 4.58. The molecule has 0 atom stereocenters. The molecular weight excluding hydrogens is 232 g/mol. The van der Waals surface area contributed by atoms with Gasteiger partial charge in [0.1, 0.15) is 0 Å². The van der Waals surface area contributed by atoms with Crippen molar-refractivity contribution >= 4 is 5.69 Å².